The first-order valence-corrected chi connectivity index (χ1v) is 7.38. The van der Waals surface area contributed by atoms with Gasteiger partial charge in [-0.25, -0.2) is 17.5 Å². The van der Waals surface area contributed by atoms with E-state index in [0.717, 1.165) is 18.6 Å². The van der Waals surface area contributed by atoms with E-state index >= 15 is 0 Å². The summed E-state index contributed by atoms with van der Waals surface area (Å²) in [5, 5.41) is 20.3. The summed E-state index contributed by atoms with van der Waals surface area (Å²) in [4.78, 5) is 8.97. The van der Waals surface area contributed by atoms with Crippen molar-refractivity contribution in [3.8, 4) is 0 Å². The van der Waals surface area contributed by atoms with Gasteiger partial charge in [0, 0.05) is 12.6 Å². The molecule has 0 bridgehead atoms. The van der Waals surface area contributed by atoms with Gasteiger partial charge in [-0.3, -0.25) is 10.1 Å². The molecule has 1 aromatic rings. The van der Waals surface area contributed by atoms with Crippen LogP contribution in [0.3, 0.4) is 0 Å². The maximum absolute atomic E-state index is 13.6. The molecule has 0 saturated heterocycles. The van der Waals surface area contributed by atoms with Crippen molar-refractivity contribution in [3.05, 3.63) is 34.1 Å². The zero-order chi connectivity index (χ0) is 15.0. The molecule has 0 aromatic heterocycles. The first kappa shape index (κ1) is 14.8. The third-order valence-corrected chi connectivity index (χ3v) is 4.73. The van der Waals surface area contributed by atoms with E-state index in [9.17, 15) is 28.0 Å². The average Bonchev–Trinajstić information content (AvgIpc) is 2.33. The Morgan fingerprint density at radius 3 is 2.55 bits per heavy atom. The Kier molecular flexibility index (Phi) is 3.76. The van der Waals surface area contributed by atoms with Crippen molar-refractivity contribution in [2.45, 2.75) is 29.8 Å². The summed E-state index contributed by atoms with van der Waals surface area (Å²) >= 11 is 0. The minimum absolute atomic E-state index is 0.203. The third kappa shape index (κ3) is 2.94. The first-order chi connectivity index (χ1) is 9.23. The maximum Gasteiger partial charge on any atom is 0.272 e. The zero-order valence-corrected chi connectivity index (χ0v) is 11.2. The normalized spacial score (nSPS) is 17.5. The van der Waals surface area contributed by atoms with Gasteiger partial charge in [-0.05, 0) is 25.3 Å². The summed E-state index contributed by atoms with van der Waals surface area (Å²) in [7, 11) is -4.15. The molecule has 0 atom stereocenters. The van der Waals surface area contributed by atoms with Crippen LogP contribution < -0.4 is 4.72 Å². The predicted octanol–water partition coefficient (Wildman–Crippen LogP) is 0.927. The standard InChI is InChI=1S/C11H13FN2O5S/c12-9-6-8(14(16)17)2-3-10(9)20(18,19)13-7-11(15)4-1-5-11/h2-3,6,13,15H,1,4-5,7H2. The lowest BCUT2D eigenvalue weighted by molar-refractivity contribution is -0.385. The Morgan fingerprint density at radius 2 is 2.10 bits per heavy atom. The summed E-state index contributed by atoms with van der Waals surface area (Å²) in [5.41, 5.74) is -1.61. The van der Waals surface area contributed by atoms with Crippen molar-refractivity contribution in [1.29, 1.82) is 0 Å². The molecule has 7 nitrogen and oxygen atoms in total. The van der Waals surface area contributed by atoms with Gasteiger partial charge in [-0.15, -0.1) is 0 Å². The lowest BCUT2D eigenvalue weighted by atomic mass is 9.81. The molecule has 0 unspecified atom stereocenters. The van der Waals surface area contributed by atoms with E-state index in [0.29, 0.717) is 18.9 Å². The molecule has 0 heterocycles. The van der Waals surface area contributed by atoms with Crippen LogP contribution in [-0.4, -0.2) is 30.6 Å². The molecular weight excluding hydrogens is 291 g/mol. The highest BCUT2D eigenvalue weighted by Crippen LogP contribution is 2.31. The number of non-ortho nitro benzene ring substituents is 1. The molecule has 1 aliphatic rings. The largest absolute Gasteiger partial charge is 0.389 e. The number of nitrogens with one attached hydrogen (secondary N) is 1. The topological polar surface area (TPSA) is 110 Å². The summed E-state index contributed by atoms with van der Waals surface area (Å²) in [6.07, 6.45) is 1.78. The highest BCUT2D eigenvalue weighted by molar-refractivity contribution is 7.89. The molecule has 0 aliphatic heterocycles. The van der Waals surface area contributed by atoms with Gasteiger partial charge in [0.15, 0.2) is 0 Å². The second kappa shape index (κ2) is 5.08. The quantitative estimate of drug-likeness (QED) is 0.621. The van der Waals surface area contributed by atoms with Gasteiger partial charge < -0.3 is 5.11 Å². The molecule has 2 rings (SSSR count). The Labute approximate surface area is 114 Å². The van der Waals surface area contributed by atoms with Crippen molar-refractivity contribution in [3.63, 3.8) is 0 Å². The molecular formula is C11H13FN2O5S. The van der Waals surface area contributed by atoms with Gasteiger partial charge >= 0.3 is 0 Å². The molecule has 1 aromatic carbocycles. The highest BCUT2D eigenvalue weighted by Gasteiger charge is 2.36. The van der Waals surface area contributed by atoms with Gasteiger partial charge in [-0.2, -0.15) is 0 Å². The summed E-state index contributed by atoms with van der Waals surface area (Å²) in [5.74, 6) is -1.20. The first-order valence-electron chi connectivity index (χ1n) is 5.90. The van der Waals surface area contributed by atoms with Gasteiger partial charge in [0.25, 0.3) is 5.69 Å². The van der Waals surface area contributed by atoms with Gasteiger partial charge in [0.05, 0.1) is 16.6 Å². The number of halogens is 1. The molecule has 0 spiro atoms. The molecule has 9 heteroatoms. The molecule has 1 aliphatic carbocycles. The molecule has 1 saturated carbocycles. The molecule has 1 fully saturated rings. The van der Waals surface area contributed by atoms with Crippen LogP contribution in [0.2, 0.25) is 0 Å². The minimum atomic E-state index is -4.15. The van der Waals surface area contributed by atoms with Crippen molar-refractivity contribution < 1.29 is 22.8 Å². The number of nitro groups is 1. The van der Waals surface area contributed by atoms with Gasteiger partial charge in [0.1, 0.15) is 10.7 Å². The van der Waals surface area contributed by atoms with E-state index in [1.54, 1.807) is 0 Å². The van der Waals surface area contributed by atoms with Crippen LogP contribution in [0.1, 0.15) is 19.3 Å². The Balaban J connectivity index is 2.18. The molecule has 110 valence electrons. The van der Waals surface area contributed by atoms with Crippen LogP contribution in [0.5, 0.6) is 0 Å². The van der Waals surface area contributed by atoms with Crippen LogP contribution in [0.15, 0.2) is 23.1 Å². The van der Waals surface area contributed by atoms with Crippen LogP contribution >= 0.6 is 0 Å². The molecule has 20 heavy (non-hydrogen) atoms. The monoisotopic (exact) mass is 304 g/mol. The number of sulfonamides is 1. The highest BCUT2D eigenvalue weighted by atomic mass is 32.2. The second-order valence-electron chi connectivity index (χ2n) is 4.77. The molecule has 2 N–H and O–H groups in total. The van der Waals surface area contributed by atoms with Crippen LogP contribution in [-0.2, 0) is 10.0 Å². The number of nitrogens with zero attached hydrogens (tertiary/aromatic N) is 1. The number of nitro benzene ring substituents is 1. The Hall–Kier alpha value is -1.58. The predicted molar refractivity (Wildman–Crippen MR) is 67.0 cm³/mol. The minimum Gasteiger partial charge on any atom is -0.389 e. The van der Waals surface area contributed by atoms with Crippen molar-refractivity contribution in [2.24, 2.45) is 0 Å². The molecule has 0 radical (unpaired) electrons. The third-order valence-electron chi connectivity index (χ3n) is 3.29. The van der Waals surface area contributed by atoms with E-state index in [4.69, 9.17) is 0 Å². The lowest BCUT2D eigenvalue weighted by Crippen LogP contribution is -2.47. The van der Waals surface area contributed by atoms with Crippen molar-refractivity contribution in [1.82, 2.24) is 4.72 Å². The van der Waals surface area contributed by atoms with Crippen molar-refractivity contribution in [2.75, 3.05) is 6.54 Å². The smallest absolute Gasteiger partial charge is 0.272 e. The fourth-order valence-electron chi connectivity index (χ4n) is 1.89. The average molecular weight is 304 g/mol. The lowest BCUT2D eigenvalue weighted by Gasteiger charge is -2.36. The van der Waals surface area contributed by atoms with Gasteiger partial charge in [0.2, 0.25) is 10.0 Å². The van der Waals surface area contributed by atoms with Crippen LogP contribution in [0.4, 0.5) is 10.1 Å². The number of aliphatic hydroxyl groups is 1. The van der Waals surface area contributed by atoms with E-state index in [-0.39, 0.29) is 6.54 Å². The number of benzene rings is 1. The van der Waals surface area contributed by atoms with Crippen LogP contribution in [0.25, 0.3) is 0 Å². The summed E-state index contributed by atoms with van der Waals surface area (Å²) < 4.78 is 39.5. The number of hydrogen-bond acceptors (Lipinski definition) is 5. The fourth-order valence-corrected chi connectivity index (χ4v) is 3.07. The van der Waals surface area contributed by atoms with Gasteiger partial charge in [-0.1, -0.05) is 0 Å². The molecule has 0 amide bonds. The van der Waals surface area contributed by atoms with E-state index in [1.807, 2.05) is 0 Å². The Bertz CT molecular complexity index is 642. The number of rotatable bonds is 5. The maximum atomic E-state index is 13.6. The zero-order valence-electron chi connectivity index (χ0n) is 10.4. The SMILES string of the molecule is O=[N+]([O-])c1ccc(S(=O)(=O)NCC2(O)CCC2)c(F)c1. The van der Waals surface area contributed by atoms with Crippen molar-refractivity contribution >= 4 is 15.7 Å². The summed E-state index contributed by atoms with van der Waals surface area (Å²) in [6, 6.07) is 2.29. The number of hydrogen-bond donors (Lipinski definition) is 2. The van der Waals surface area contributed by atoms with E-state index < -0.39 is 36.9 Å². The van der Waals surface area contributed by atoms with E-state index in [2.05, 4.69) is 4.72 Å². The Morgan fingerprint density at radius 1 is 1.45 bits per heavy atom. The summed E-state index contributed by atoms with van der Waals surface area (Å²) in [6.45, 7) is -0.203. The van der Waals surface area contributed by atoms with E-state index in [1.165, 1.54) is 0 Å². The van der Waals surface area contributed by atoms with Crippen LogP contribution in [0, 0.1) is 15.9 Å². The fraction of sp³-hybridized carbons (Fsp3) is 0.455. The second-order valence-corrected chi connectivity index (χ2v) is 6.51.